The fourth-order valence-corrected chi connectivity index (χ4v) is 2.05. The Hall–Kier alpha value is -0.610. The highest BCUT2D eigenvalue weighted by Crippen LogP contribution is 2.16. The van der Waals surface area contributed by atoms with Crippen molar-refractivity contribution in [3.05, 3.63) is 0 Å². The third-order valence-corrected chi connectivity index (χ3v) is 3.23. The van der Waals surface area contributed by atoms with Gasteiger partial charge >= 0.3 is 5.97 Å². The summed E-state index contributed by atoms with van der Waals surface area (Å²) in [6.45, 7) is 7.29. The molecule has 0 aromatic rings. The van der Waals surface area contributed by atoms with Crippen LogP contribution in [0.4, 0.5) is 0 Å². The summed E-state index contributed by atoms with van der Waals surface area (Å²) in [5, 5.41) is 8.61. The lowest BCUT2D eigenvalue weighted by Crippen LogP contribution is -2.37. The highest BCUT2D eigenvalue weighted by atomic mass is 16.4. The summed E-state index contributed by atoms with van der Waals surface area (Å²) in [5.41, 5.74) is 0. The van der Waals surface area contributed by atoms with E-state index in [9.17, 15) is 4.79 Å². The summed E-state index contributed by atoms with van der Waals surface area (Å²) < 4.78 is 0. The summed E-state index contributed by atoms with van der Waals surface area (Å²) in [6.07, 6.45) is 1.41. The summed E-state index contributed by atoms with van der Waals surface area (Å²) in [5.74, 6) is -0.708. The fraction of sp³-hybridized carbons (Fsp3) is 0.909. The van der Waals surface area contributed by atoms with E-state index >= 15 is 0 Å². The van der Waals surface area contributed by atoms with Gasteiger partial charge in [-0.15, -0.1) is 0 Å². The Kier molecular flexibility index (Phi) is 4.54. The molecule has 0 radical (unpaired) electrons. The Balaban J connectivity index is 2.30. The summed E-state index contributed by atoms with van der Waals surface area (Å²) in [6, 6.07) is 1.13. The molecular weight excluding hydrogens is 192 g/mol. The second kappa shape index (κ2) is 5.47. The predicted octanol–water partition coefficient (Wildman–Crippen LogP) is 0.876. The van der Waals surface area contributed by atoms with Crippen LogP contribution < -0.4 is 0 Å². The number of hydrogen-bond acceptors (Lipinski definition) is 3. The second-order valence-electron chi connectivity index (χ2n) is 4.66. The Morgan fingerprint density at radius 3 is 2.73 bits per heavy atom. The Morgan fingerprint density at radius 2 is 2.27 bits per heavy atom. The molecule has 15 heavy (non-hydrogen) atoms. The van der Waals surface area contributed by atoms with Gasteiger partial charge in [0.15, 0.2) is 0 Å². The van der Waals surface area contributed by atoms with E-state index in [-0.39, 0.29) is 6.42 Å². The lowest BCUT2D eigenvalue weighted by molar-refractivity contribution is -0.137. The molecule has 88 valence electrons. The van der Waals surface area contributed by atoms with Crippen molar-refractivity contribution in [2.24, 2.45) is 0 Å². The van der Waals surface area contributed by atoms with Crippen molar-refractivity contribution in [2.45, 2.75) is 38.8 Å². The first-order valence-electron chi connectivity index (χ1n) is 5.66. The molecular formula is C11H22N2O2. The van der Waals surface area contributed by atoms with Crippen LogP contribution in [0.3, 0.4) is 0 Å². The Morgan fingerprint density at radius 1 is 1.60 bits per heavy atom. The highest BCUT2D eigenvalue weighted by Gasteiger charge is 2.26. The lowest BCUT2D eigenvalue weighted by atomic mass is 10.2. The number of likely N-dealkylation sites (tertiary alicyclic amines) is 1. The third kappa shape index (κ3) is 3.80. The van der Waals surface area contributed by atoms with Crippen molar-refractivity contribution in [1.29, 1.82) is 0 Å². The molecule has 0 aromatic heterocycles. The van der Waals surface area contributed by atoms with Crippen LogP contribution in [0, 0.1) is 0 Å². The molecule has 0 aliphatic carbocycles. The van der Waals surface area contributed by atoms with Crippen LogP contribution in [0.15, 0.2) is 0 Å². The molecule has 0 spiro atoms. The van der Waals surface area contributed by atoms with Crippen LogP contribution >= 0.6 is 0 Å². The average molecular weight is 214 g/mol. The van der Waals surface area contributed by atoms with Crippen LogP contribution in [0.2, 0.25) is 0 Å². The fourth-order valence-electron chi connectivity index (χ4n) is 2.05. The second-order valence-corrected chi connectivity index (χ2v) is 4.66. The molecule has 0 aromatic carbocycles. The molecule has 0 bridgehead atoms. The highest BCUT2D eigenvalue weighted by molar-refractivity contribution is 5.66. The monoisotopic (exact) mass is 214 g/mol. The van der Waals surface area contributed by atoms with Crippen LogP contribution in [0.1, 0.15) is 26.7 Å². The van der Waals surface area contributed by atoms with Crippen LogP contribution in [0.5, 0.6) is 0 Å². The molecule has 0 amide bonds. The van der Waals surface area contributed by atoms with Crippen molar-refractivity contribution in [1.82, 2.24) is 9.80 Å². The van der Waals surface area contributed by atoms with Gasteiger partial charge in [0.05, 0.1) is 6.42 Å². The van der Waals surface area contributed by atoms with E-state index < -0.39 is 5.97 Å². The zero-order valence-electron chi connectivity index (χ0n) is 9.94. The maximum Gasteiger partial charge on any atom is 0.304 e. The number of carboxylic acid groups (broad SMARTS) is 1. The van der Waals surface area contributed by atoms with E-state index in [0.717, 1.165) is 19.5 Å². The third-order valence-electron chi connectivity index (χ3n) is 3.23. The largest absolute Gasteiger partial charge is 0.481 e. The number of carbonyl (C=O) groups is 1. The van der Waals surface area contributed by atoms with Crippen LogP contribution in [0.25, 0.3) is 0 Å². The van der Waals surface area contributed by atoms with Gasteiger partial charge in [-0.2, -0.15) is 0 Å². The van der Waals surface area contributed by atoms with Crippen LogP contribution in [-0.4, -0.2) is 59.6 Å². The minimum atomic E-state index is -0.708. The molecule has 4 heteroatoms. The van der Waals surface area contributed by atoms with Gasteiger partial charge in [-0.25, -0.2) is 0 Å². The van der Waals surface area contributed by atoms with E-state index in [4.69, 9.17) is 5.11 Å². The van der Waals surface area contributed by atoms with Gasteiger partial charge in [0.2, 0.25) is 0 Å². The minimum Gasteiger partial charge on any atom is -0.481 e. The number of likely N-dealkylation sites (N-methyl/N-ethyl adjacent to an activating group) is 1. The molecule has 4 nitrogen and oxygen atoms in total. The molecule has 1 aliphatic rings. The number of rotatable bonds is 5. The van der Waals surface area contributed by atoms with Gasteiger partial charge in [0.1, 0.15) is 0 Å². The van der Waals surface area contributed by atoms with Crippen LogP contribution in [-0.2, 0) is 4.79 Å². The smallest absolute Gasteiger partial charge is 0.304 e. The summed E-state index contributed by atoms with van der Waals surface area (Å²) >= 11 is 0. The molecule has 1 aliphatic heterocycles. The first kappa shape index (κ1) is 12.5. The van der Waals surface area contributed by atoms with Gasteiger partial charge in [-0.05, 0) is 27.3 Å². The van der Waals surface area contributed by atoms with Gasteiger partial charge in [0.25, 0.3) is 0 Å². The van der Waals surface area contributed by atoms with Gasteiger partial charge in [0, 0.05) is 31.7 Å². The predicted molar refractivity (Wildman–Crippen MR) is 60.0 cm³/mol. The molecule has 1 N–H and O–H groups in total. The lowest BCUT2D eigenvalue weighted by Gasteiger charge is -2.25. The Labute approximate surface area is 91.9 Å². The molecule has 1 unspecified atom stereocenters. The maximum absolute atomic E-state index is 10.5. The summed E-state index contributed by atoms with van der Waals surface area (Å²) in [4.78, 5) is 15.1. The van der Waals surface area contributed by atoms with Crippen molar-refractivity contribution in [3.8, 4) is 0 Å². The zero-order chi connectivity index (χ0) is 11.4. The van der Waals surface area contributed by atoms with Gasteiger partial charge < -0.3 is 10.0 Å². The van der Waals surface area contributed by atoms with E-state index in [1.165, 1.54) is 0 Å². The molecule has 1 atom stereocenters. The summed E-state index contributed by atoms with van der Waals surface area (Å²) in [7, 11) is 2.03. The first-order chi connectivity index (χ1) is 7.00. The van der Waals surface area contributed by atoms with E-state index in [0.29, 0.717) is 18.6 Å². The Bertz CT molecular complexity index is 219. The molecule has 1 saturated heterocycles. The molecule has 0 saturated carbocycles. The van der Waals surface area contributed by atoms with Crippen molar-refractivity contribution >= 4 is 5.97 Å². The molecule has 1 rings (SSSR count). The number of hydrogen-bond donors (Lipinski definition) is 1. The maximum atomic E-state index is 10.5. The van der Waals surface area contributed by atoms with Crippen molar-refractivity contribution in [2.75, 3.05) is 26.7 Å². The minimum absolute atomic E-state index is 0.245. The molecule has 1 heterocycles. The van der Waals surface area contributed by atoms with E-state index in [2.05, 4.69) is 23.6 Å². The number of aliphatic carboxylic acids is 1. The SMILES string of the molecule is CC(C)N1CCC(N(C)CCC(=O)O)C1. The topological polar surface area (TPSA) is 43.8 Å². The van der Waals surface area contributed by atoms with E-state index in [1.807, 2.05) is 7.05 Å². The first-order valence-corrected chi connectivity index (χ1v) is 5.66. The normalized spacial score (nSPS) is 22.9. The quantitative estimate of drug-likeness (QED) is 0.737. The number of nitrogens with zero attached hydrogens (tertiary/aromatic N) is 2. The van der Waals surface area contributed by atoms with Gasteiger partial charge in [-0.1, -0.05) is 0 Å². The number of carboxylic acids is 1. The zero-order valence-corrected chi connectivity index (χ0v) is 9.94. The van der Waals surface area contributed by atoms with E-state index in [1.54, 1.807) is 0 Å². The standard InChI is InChI=1S/C11H22N2O2/c1-9(2)13-7-4-10(8-13)12(3)6-5-11(14)15/h9-10H,4-8H2,1-3H3,(H,14,15). The van der Waals surface area contributed by atoms with Crippen molar-refractivity contribution in [3.63, 3.8) is 0 Å². The van der Waals surface area contributed by atoms with Gasteiger partial charge in [-0.3, -0.25) is 9.69 Å². The molecule has 1 fully saturated rings. The van der Waals surface area contributed by atoms with Crippen molar-refractivity contribution < 1.29 is 9.90 Å². The average Bonchev–Trinajstić information content (AvgIpc) is 2.62.